The number of hydrogen-bond donors (Lipinski definition) is 0. The Labute approximate surface area is 103 Å². The molecule has 0 saturated carbocycles. The summed E-state index contributed by atoms with van der Waals surface area (Å²) in [5, 5.41) is 0. The van der Waals surface area contributed by atoms with Crippen molar-refractivity contribution in [2.45, 2.75) is 32.6 Å². The molecule has 0 bridgehead atoms. The van der Waals surface area contributed by atoms with Crippen molar-refractivity contribution in [3.8, 4) is 0 Å². The monoisotopic (exact) mass is 240 g/mol. The van der Waals surface area contributed by atoms with E-state index in [0.717, 1.165) is 17.9 Å². The van der Waals surface area contributed by atoms with E-state index in [9.17, 15) is 4.39 Å². The van der Waals surface area contributed by atoms with Crippen molar-refractivity contribution in [3.63, 3.8) is 0 Å². The summed E-state index contributed by atoms with van der Waals surface area (Å²) in [6.07, 6.45) is 4.51. The summed E-state index contributed by atoms with van der Waals surface area (Å²) < 4.78 is 13.1. The molecule has 90 valence electrons. The van der Waals surface area contributed by atoms with E-state index < -0.39 is 0 Å². The third-order valence-electron chi connectivity index (χ3n) is 3.08. The topological polar surface area (TPSA) is 0 Å². The van der Waals surface area contributed by atoms with E-state index in [4.69, 9.17) is 0 Å². The van der Waals surface area contributed by atoms with Gasteiger partial charge in [-0.15, -0.1) is 0 Å². The van der Waals surface area contributed by atoms with Crippen LogP contribution in [-0.4, -0.2) is 12.0 Å². The Morgan fingerprint density at radius 2 is 2.12 bits per heavy atom. The zero-order chi connectivity index (χ0) is 12.0. The van der Waals surface area contributed by atoms with Gasteiger partial charge in [0.1, 0.15) is 5.82 Å². The van der Waals surface area contributed by atoms with E-state index in [1.165, 1.54) is 18.2 Å². The highest BCUT2D eigenvalue weighted by molar-refractivity contribution is 7.98. The normalized spacial score (nSPS) is 14.8. The molecule has 0 fully saturated rings. The van der Waals surface area contributed by atoms with Gasteiger partial charge < -0.3 is 0 Å². The molecular formula is C14H21FS. The lowest BCUT2D eigenvalue weighted by Gasteiger charge is -2.19. The number of benzene rings is 1. The van der Waals surface area contributed by atoms with Gasteiger partial charge in [0.25, 0.3) is 0 Å². The minimum absolute atomic E-state index is 0.123. The van der Waals surface area contributed by atoms with Crippen molar-refractivity contribution >= 4 is 11.8 Å². The van der Waals surface area contributed by atoms with Crippen molar-refractivity contribution < 1.29 is 4.39 Å². The van der Waals surface area contributed by atoms with Gasteiger partial charge in [-0.05, 0) is 48.0 Å². The molecule has 2 heteroatoms. The number of thioether (sulfide) groups is 1. The van der Waals surface area contributed by atoms with Crippen LogP contribution in [0.1, 0.15) is 38.2 Å². The molecule has 0 aliphatic rings. The Kier molecular flexibility index (Phi) is 5.89. The fourth-order valence-electron chi connectivity index (χ4n) is 2.04. The lowest BCUT2D eigenvalue weighted by Crippen LogP contribution is -2.07. The van der Waals surface area contributed by atoms with Crippen LogP contribution >= 0.6 is 11.8 Å². The molecular weight excluding hydrogens is 219 g/mol. The van der Waals surface area contributed by atoms with Crippen LogP contribution in [0.4, 0.5) is 4.39 Å². The summed E-state index contributed by atoms with van der Waals surface area (Å²) in [7, 11) is 0. The summed E-state index contributed by atoms with van der Waals surface area (Å²) in [6.45, 7) is 4.43. The molecule has 0 radical (unpaired) electrons. The molecule has 0 spiro atoms. The van der Waals surface area contributed by atoms with Gasteiger partial charge >= 0.3 is 0 Å². The molecule has 0 amide bonds. The van der Waals surface area contributed by atoms with Crippen LogP contribution in [0, 0.1) is 11.7 Å². The van der Waals surface area contributed by atoms with Gasteiger partial charge in [0, 0.05) is 0 Å². The van der Waals surface area contributed by atoms with Gasteiger partial charge in [0.15, 0.2) is 0 Å². The van der Waals surface area contributed by atoms with E-state index in [0.29, 0.717) is 5.92 Å². The van der Waals surface area contributed by atoms with Crippen molar-refractivity contribution in [1.29, 1.82) is 0 Å². The first-order chi connectivity index (χ1) is 7.67. The Morgan fingerprint density at radius 3 is 2.69 bits per heavy atom. The summed E-state index contributed by atoms with van der Waals surface area (Å²) in [5.74, 6) is 2.28. The number of hydrogen-bond acceptors (Lipinski definition) is 1. The Hall–Kier alpha value is -0.500. The first-order valence-corrected chi connectivity index (χ1v) is 7.31. The van der Waals surface area contributed by atoms with Gasteiger partial charge in [-0.2, -0.15) is 11.8 Å². The number of halogens is 1. The van der Waals surface area contributed by atoms with Gasteiger partial charge in [0.2, 0.25) is 0 Å². The quantitative estimate of drug-likeness (QED) is 0.694. The second-order valence-electron chi connectivity index (χ2n) is 4.42. The summed E-state index contributed by atoms with van der Waals surface area (Å²) in [6, 6.07) is 7.00. The number of rotatable bonds is 6. The van der Waals surface area contributed by atoms with Crippen LogP contribution in [0.2, 0.25) is 0 Å². The maximum atomic E-state index is 13.1. The van der Waals surface area contributed by atoms with Crippen molar-refractivity contribution in [3.05, 3.63) is 35.6 Å². The fourth-order valence-corrected chi connectivity index (χ4v) is 2.88. The molecule has 0 aliphatic heterocycles. The molecule has 1 rings (SSSR count). The zero-order valence-corrected chi connectivity index (χ0v) is 11.2. The Bertz CT molecular complexity index is 311. The first-order valence-electron chi connectivity index (χ1n) is 5.91. The first kappa shape index (κ1) is 13.6. The van der Waals surface area contributed by atoms with Gasteiger partial charge in [-0.25, -0.2) is 4.39 Å². The highest BCUT2D eigenvalue weighted by atomic mass is 32.2. The van der Waals surface area contributed by atoms with Crippen molar-refractivity contribution in [2.24, 2.45) is 5.92 Å². The third kappa shape index (κ3) is 4.17. The highest BCUT2D eigenvalue weighted by Gasteiger charge is 2.13. The maximum Gasteiger partial charge on any atom is 0.123 e. The molecule has 0 N–H and O–H groups in total. The van der Waals surface area contributed by atoms with Gasteiger partial charge in [-0.1, -0.05) is 32.4 Å². The fraction of sp³-hybridized carbons (Fsp3) is 0.571. The molecule has 1 aromatic carbocycles. The van der Waals surface area contributed by atoms with Gasteiger partial charge in [0.05, 0.1) is 0 Å². The van der Waals surface area contributed by atoms with E-state index >= 15 is 0 Å². The molecule has 2 unspecified atom stereocenters. The van der Waals surface area contributed by atoms with Crippen LogP contribution in [0.5, 0.6) is 0 Å². The van der Waals surface area contributed by atoms with Gasteiger partial charge in [-0.3, -0.25) is 0 Å². The molecule has 0 aliphatic carbocycles. The van der Waals surface area contributed by atoms with Crippen LogP contribution in [-0.2, 0) is 0 Å². The average molecular weight is 240 g/mol. The van der Waals surface area contributed by atoms with E-state index in [-0.39, 0.29) is 5.82 Å². The summed E-state index contributed by atoms with van der Waals surface area (Å²) >= 11 is 1.90. The standard InChI is InChI=1S/C14H21FS/c1-4-12(10-16-3)8-11(2)13-6-5-7-14(15)9-13/h5-7,9,11-12H,4,8,10H2,1-3H3. The molecule has 0 heterocycles. The summed E-state index contributed by atoms with van der Waals surface area (Å²) in [4.78, 5) is 0. The van der Waals surface area contributed by atoms with Crippen LogP contribution < -0.4 is 0 Å². The van der Waals surface area contributed by atoms with E-state index in [1.807, 2.05) is 17.8 Å². The molecule has 0 aromatic heterocycles. The van der Waals surface area contributed by atoms with E-state index in [2.05, 4.69) is 20.1 Å². The van der Waals surface area contributed by atoms with Crippen LogP contribution in [0.25, 0.3) is 0 Å². The lowest BCUT2D eigenvalue weighted by molar-refractivity contribution is 0.477. The smallest absolute Gasteiger partial charge is 0.123 e. The molecule has 16 heavy (non-hydrogen) atoms. The molecule has 1 aromatic rings. The second-order valence-corrected chi connectivity index (χ2v) is 5.33. The molecule has 2 atom stereocenters. The molecule has 0 saturated heterocycles. The second kappa shape index (κ2) is 6.95. The lowest BCUT2D eigenvalue weighted by atomic mass is 9.90. The van der Waals surface area contributed by atoms with E-state index in [1.54, 1.807) is 12.1 Å². The van der Waals surface area contributed by atoms with Crippen LogP contribution in [0.3, 0.4) is 0 Å². The average Bonchev–Trinajstić information content (AvgIpc) is 2.28. The van der Waals surface area contributed by atoms with Crippen molar-refractivity contribution in [2.75, 3.05) is 12.0 Å². The minimum atomic E-state index is -0.123. The molecule has 0 nitrogen and oxygen atoms in total. The Morgan fingerprint density at radius 1 is 1.38 bits per heavy atom. The largest absolute Gasteiger partial charge is 0.207 e. The Balaban J connectivity index is 2.60. The maximum absolute atomic E-state index is 13.1. The predicted molar refractivity (Wildman–Crippen MR) is 71.6 cm³/mol. The van der Waals surface area contributed by atoms with Crippen LogP contribution in [0.15, 0.2) is 24.3 Å². The zero-order valence-electron chi connectivity index (χ0n) is 10.4. The SMILES string of the molecule is CCC(CSC)CC(C)c1cccc(F)c1. The third-order valence-corrected chi connectivity index (χ3v) is 3.89. The minimum Gasteiger partial charge on any atom is -0.207 e. The summed E-state index contributed by atoms with van der Waals surface area (Å²) in [5.41, 5.74) is 1.12. The predicted octanol–water partition coefficient (Wildman–Crippen LogP) is 4.71. The highest BCUT2D eigenvalue weighted by Crippen LogP contribution is 2.27. The van der Waals surface area contributed by atoms with Crippen molar-refractivity contribution in [1.82, 2.24) is 0 Å².